The van der Waals surface area contributed by atoms with Crippen LogP contribution in [0.25, 0.3) is 0 Å². The predicted molar refractivity (Wildman–Crippen MR) is 52.4 cm³/mol. The van der Waals surface area contributed by atoms with E-state index in [2.05, 4.69) is 15.4 Å². The van der Waals surface area contributed by atoms with Crippen LogP contribution >= 0.6 is 11.8 Å². The van der Waals surface area contributed by atoms with Crippen molar-refractivity contribution in [3.05, 3.63) is 5.89 Å². The van der Waals surface area contributed by atoms with Crippen molar-refractivity contribution in [2.45, 2.75) is 30.7 Å². The summed E-state index contributed by atoms with van der Waals surface area (Å²) < 4.78 is 5.17. The molecule has 0 spiro atoms. The number of thioether (sulfide) groups is 1. The monoisotopic (exact) mass is 216 g/mol. The number of aryl methyl sites for hydroxylation is 1. The predicted octanol–water partition coefficient (Wildman–Crippen LogP) is 0.995. The van der Waals surface area contributed by atoms with Gasteiger partial charge in [0.05, 0.1) is 0 Å². The lowest BCUT2D eigenvalue weighted by Crippen LogP contribution is -2.16. The molecular formula is C7H12N4O2S. The minimum Gasteiger partial charge on any atom is -0.416 e. The van der Waals surface area contributed by atoms with Gasteiger partial charge in [-0.05, 0) is 0 Å². The summed E-state index contributed by atoms with van der Waals surface area (Å²) in [4.78, 5) is 0. The van der Waals surface area contributed by atoms with Gasteiger partial charge in [-0.3, -0.25) is 0 Å². The highest BCUT2D eigenvalue weighted by atomic mass is 32.2. The molecule has 3 N–H and O–H groups in total. The van der Waals surface area contributed by atoms with Crippen LogP contribution < -0.4 is 5.73 Å². The van der Waals surface area contributed by atoms with E-state index in [9.17, 15) is 0 Å². The first-order valence-electron chi connectivity index (χ1n) is 4.05. The third-order valence-corrected chi connectivity index (χ3v) is 2.37. The zero-order chi connectivity index (χ0) is 10.6. The minimum atomic E-state index is 0.130. The van der Waals surface area contributed by atoms with E-state index in [4.69, 9.17) is 15.4 Å². The fourth-order valence-electron chi connectivity index (χ4n) is 0.875. The van der Waals surface area contributed by atoms with Crippen LogP contribution in [0.15, 0.2) is 14.8 Å². The molecule has 0 amide bonds. The topological polar surface area (TPSA) is 97.5 Å². The smallest absolute Gasteiger partial charge is 0.276 e. The first-order chi connectivity index (χ1) is 6.61. The van der Waals surface area contributed by atoms with Crippen LogP contribution in [0.1, 0.15) is 19.2 Å². The summed E-state index contributed by atoms with van der Waals surface area (Å²) in [6, 6.07) is 0. The van der Waals surface area contributed by atoms with Crippen molar-refractivity contribution in [3.8, 4) is 0 Å². The Balaban J connectivity index is 2.45. The molecule has 0 aliphatic carbocycles. The Bertz CT molecular complexity index is 325. The summed E-state index contributed by atoms with van der Waals surface area (Å²) >= 11 is 1.40. The summed E-state index contributed by atoms with van der Waals surface area (Å²) in [7, 11) is 0. The van der Waals surface area contributed by atoms with Crippen molar-refractivity contribution in [3.63, 3.8) is 0 Å². The van der Waals surface area contributed by atoms with Gasteiger partial charge in [-0.1, -0.05) is 23.8 Å². The van der Waals surface area contributed by atoms with Crippen LogP contribution in [0.5, 0.6) is 0 Å². The minimum absolute atomic E-state index is 0.130. The molecule has 0 fully saturated rings. The maximum atomic E-state index is 8.36. The zero-order valence-electron chi connectivity index (χ0n) is 7.97. The van der Waals surface area contributed by atoms with E-state index >= 15 is 0 Å². The maximum absolute atomic E-state index is 8.36. The first kappa shape index (κ1) is 10.8. The Morgan fingerprint density at radius 3 is 2.93 bits per heavy atom. The van der Waals surface area contributed by atoms with Crippen molar-refractivity contribution >= 4 is 17.6 Å². The molecule has 0 radical (unpaired) electrons. The molecule has 0 aliphatic rings. The zero-order valence-corrected chi connectivity index (χ0v) is 8.78. The number of nitrogens with two attached hydrogens (primary N) is 1. The number of oxime groups is 1. The largest absolute Gasteiger partial charge is 0.416 e. The molecule has 0 aliphatic heterocycles. The molecule has 78 valence electrons. The molecule has 14 heavy (non-hydrogen) atoms. The van der Waals surface area contributed by atoms with Crippen molar-refractivity contribution in [2.75, 3.05) is 0 Å². The van der Waals surface area contributed by atoms with E-state index in [0.29, 0.717) is 17.5 Å². The Morgan fingerprint density at radius 2 is 2.43 bits per heavy atom. The average molecular weight is 216 g/mol. The number of amidine groups is 1. The van der Waals surface area contributed by atoms with Crippen molar-refractivity contribution in [1.29, 1.82) is 0 Å². The Morgan fingerprint density at radius 1 is 1.71 bits per heavy atom. The highest BCUT2D eigenvalue weighted by Crippen LogP contribution is 2.23. The summed E-state index contributed by atoms with van der Waals surface area (Å²) in [5.74, 6) is 0.727. The van der Waals surface area contributed by atoms with Gasteiger partial charge < -0.3 is 15.4 Å². The van der Waals surface area contributed by atoms with E-state index < -0.39 is 0 Å². The molecule has 1 aromatic heterocycles. The third kappa shape index (κ3) is 3.25. The number of nitrogens with zero attached hydrogens (tertiary/aromatic N) is 3. The molecule has 1 aromatic rings. The second-order valence-corrected chi connectivity index (χ2v) is 4.20. The second-order valence-electron chi connectivity index (χ2n) is 2.81. The Hall–Kier alpha value is -1.24. The molecule has 1 heterocycles. The van der Waals surface area contributed by atoms with Crippen LogP contribution in [-0.4, -0.2) is 26.5 Å². The quantitative estimate of drug-likeness (QED) is 0.256. The third-order valence-electron chi connectivity index (χ3n) is 1.43. The number of rotatable bonds is 4. The average Bonchev–Trinajstić information content (AvgIpc) is 2.50. The molecule has 0 bridgehead atoms. The van der Waals surface area contributed by atoms with Gasteiger partial charge in [0.2, 0.25) is 5.89 Å². The lowest BCUT2D eigenvalue weighted by molar-refractivity contribution is 0.317. The van der Waals surface area contributed by atoms with Gasteiger partial charge >= 0.3 is 0 Å². The van der Waals surface area contributed by atoms with Gasteiger partial charge in [0, 0.05) is 18.6 Å². The molecule has 1 atom stereocenters. The van der Waals surface area contributed by atoms with Gasteiger partial charge in [-0.15, -0.1) is 10.2 Å². The molecule has 1 unspecified atom stereocenters. The van der Waals surface area contributed by atoms with Crippen LogP contribution in [0.4, 0.5) is 0 Å². The molecular weight excluding hydrogens is 204 g/mol. The molecule has 0 saturated carbocycles. The van der Waals surface area contributed by atoms with E-state index in [1.54, 1.807) is 6.92 Å². The fraction of sp³-hybridized carbons (Fsp3) is 0.571. The van der Waals surface area contributed by atoms with E-state index in [-0.39, 0.29) is 11.1 Å². The lowest BCUT2D eigenvalue weighted by Gasteiger charge is -2.05. The van der Waals surface area contributed by atoms with E-state index in [0.717, 1.165) is 0 Å². The molecule has 0 aromatic carbocycles. The molecule has 6 nitrogen and oxygen atoms in total. The summed E-state index contributed by atoms with van der Waals surface area (Å²) in [6.07, 6.45) is 0.475. The SMILES string of the molecule is Cc1nnc(SC(C)CC(N)=NO)o1. The van der Waals surface area contributed by atoms with Crippen LogP contribution in [-0.2, 0) is 0 Å². The number of hydrogen-bond acceptors (Lipinski definition) is 6. The van der Waals surface area contributed by atoms with Gasteiger partial charge in [-0.2, -0.15) is 0 Å². The second kappa shape index (κ2) is 4.85. The fourth-order valence-corrected chi connectivity index (χ4v) is 1.73. The van der Waals surface area contributed by atoms with Gasteiger partial charge in [0.15, 0.2) is 0 Å². The van der Waals surface area contributed by atoms with Crippen molar-refractivity contribution in [1.82, 2.24) is 10.2 Å². The maximum Gasteiger partial charge on any atom is 0.276 e. The summed E-state index contributed by atoms with van der Waals surface area (Å²) in [5.41, 5.74) is 5.35. The van der Waals surface area contributed by atoms with Crippen LogP contribution in [0.2, 0.25) is 0 Å². The first-order valence-corrected chi connectivity index (χ1v) is 4.93. The van der Waals surface area contributed by atoms with E-state index in [1.165, 1.54) is 11.8 Å². The molecule has 7 heteroatoms. The van der Waals surface area contributed by atoms with Crippen molar-refractivity contribution < 1.29 is 9.62 Å². The van der Waals surface area contributed by atoms with Gasteiger partial charge in [-0.25, -0.2) is 0 Å². The summed E-state index contributed by atoms with van der Waals surface area (Å²) in [5, 5.41) is 19.4. The standard InChI is InChI=1S/C7H12N4O2S/c1-4(3-6(8)11-12)14-7-10-9-5(2)13-7/h4,12H,3H2,1-2H3,(H2,8,11). The van der Waals surface area contributed by atoms with Gasteiger partial charge in [0.25, 0.3) is 5.22 Å². The van der Waals surface area contributed by atoms with Gasteiger partial charge in [0.1, 0.15) is 5.84 Å². The highest BCUT2D eigenvalue weighted by molar-refractivity contribution is 7.99. The number of hydrogen-bond donors (Lipinski definition) is 2. The number of aromatic nitrogens is 2. The van der Waals surface area contributed by atoms with Crippen molar-refractivity contribution in [2.24, 2.45) is 10.9 Å². The Kier molecular flexibility index (Phi) is 3.75. The van der Waals surface area contributed by atoms with Crippen LogP contribution in [0, 0.1) is 6.92 Å². The normalized spacial score (nSPS) is 14.3. The highest BCUT2D eigenvalue weighted by Gasteiger charge is 2.11. The van der Waals surface area contributed by atoms with Crippen LogP contribution in [0.3, 0.4) is 0 Å². The summed E-state index contributed by atoms with van der Waals surface area (Å²) in [6.45, 7) is 3.66. The van der Waals surface area contributed by atoms with E-state index in [1.807, 2.05) is 6.92 Å². The molecule has 1 rings (SSSR count). The lowest BCUT2D eigenvalue weighted by atomic mass is 10.3. The Labute approximate surface area is 85.6 Å². The molecule has 0 saturated heterocycles.